The molecule has 7 heteroatoms. The summed E-state index contributed by atoms with van der Waals surface area (Å²) in [5.74, 6) is 1.42. The highest BCUT2D eigenvalue weighted by Crippen LogP contribution is 2.37. The summed E-state index contributed by atoms with van der Waals surface area (Å²) in [6.45, 7) is 1.42. The normalized spacial score (nSPS) is 13.9. The van der Waals surface area contributed by atoms with Crippen LogP contribution in [-0.2, 0) is 25.9 Å². The van der Waals surface area contributed by atoms with E-state index in [1.54, 1.807) is 11.3 Å². The van der Waals surface area contributed by atoms with E-state index in [-0.39, 0.29) is 0 Å². The third-order valence-electron chi connectivity index (χ3n) is 5.41. The first-order chi connectivity index (χ1) is 14.2. The molecular weight excluding hydrogens is 380 g/mol. The number of nitrogen functional groups attached to an aromatic ring is 1. The topological polar surface area (TPSA) is 72.9 Å². The van der Waals surface area contributed by atoms with Gasteiger partial charge in [0.25, 0.3) is 0 Å². The Morgan fingerprint density at radius 3 is 2.79 bits per heavy atom. The van der Waals surface area contributed by atoms with E-state index in [2.05, 4.69) is 28.2 Å². The molecule has 0 aliphatic heterocycles. The number of nitrogens with zero attached hydrogens (tertiary/aromatic N) is 5. The predicted octanol–water partition coefficient (Wildman–Crippen LogP) is 3.97. The second-order valence-electron chi connectivity index (χ2n) is 7.72. The number of aryl methyl sites for hydroxylation is 2. The highest BCUT2D eigenvalue weighted by molar-refractivity contribution is 7.19. The van der Waals surface area contributed by atoms with Gasteiger partial charge in [0, 0.05) is 23.2 Å². The van der Waals surface area contributed by atoms with Crippen molar-refractivity contribution < 1.29 is 0 Å². The molecule has 3 aromatic heterocycles. The number of nitrogens with two attached hydrogens (primary N) is 1. The van der Waals surface area contributed by atoms with Crippen molar-refractivity contribution in [2.45, 2.75) is 38.8 Å². The van der Waals surface area contributed by atoms with Crippen LogP contribution >= 0.6 is 11.3 Å². The van der Waals surface area contributed by atoms with Crippen LogP contribution in [0.5, 0.6) is 0 Å². The summed E-state index contributed by atoms with van der Waals surface area (Å²) < 4.78 is 1.90. The van der Waals surface area contributed by atoms with E-state index in [0.29, 0.717) is 12.4 Å². The number of benzene rings is 1. The van der Waals surface area contributed by atoms with Gasteiger partial charge in [0.15, 0.2) is 0 Å². The van der Waals surface area contributed by atoms with E-state index in [9.17, 15) is 0 Å². The summed E-state index contributed by atoms with van der Waals surface area (Å²) >= 11 is 1.80. The average molecular weight is 405 g/mol. The lowest BCUT2D eigenvalue weighted by Crippen LogP contribution is -2.19. The fraction of sp³-hybridized carbons (Fsp3) is 0.318. The van der Waals surface area contributed by atoms with E-state index < -0.39 is 0 Å². The predicted molar refractivity (Wildman–Crippen MR) is 117 cm³/mol. The number of rotatable bonds is 5. The van der Waals surface area contributed by atoms with Crippen molar-refractivity contribution in [1.82, 2.24) is 24.6 Å². The SMILES string of the molecule is CN(Cc1cnn(-c2ccccc2)c1)Cc1nc(N)c2c3c(sc2n1)CCCC3. The average Bonchev–Trinajstić information content (AvgIpc) is 3.33. The maximum absolute atomic E-state index is 6.35. The largest absolute Gasteiger partial charge is 0.383 e. The molecule has 0 amide bonds. The molecule has 1 aromatic carbocycles. The molecule has 0 radical (unpaired) electrons. The number of hydrogen-bond acceptors (Lipinski definition) is 6. The minimum Gasteiger partial charge on any atom is -0.383 e. The third kappa shape index (κ3) is 3.63. The molecule has 1 aliphatic rings. The zero-order valence-electron chi connectivity index (χ0n) is 16.5. The molecule has 0 spiro atoms. The number of fused-ring (bicyclic) bond motifs is 3. The minimum atomic E-state index is 0.634. The van der Waals surface area contributed by atoms with Gasteiger partial charge >= 0.3 is 0 Å². The molecule has 4 aromatic rings. The summed E-state index contributed by atoms with van der Waals surface area (Å²) in [6.07, 6.45) is 8.73. The van der Waals surface area contributed by atoms with Crippen LogP contribution in [0.25, 0.3) is 15.9 Å². The second kappa shape index (κ2) is 7.57. The van der Waals surface area contributed by atoms with Crippen LogP contribution in [0.1, 0.15) is 34.7 Å². The quantitative estimate of drug-likeness (QED) is 0.545. The molecule has 3 heterocycles. The Hall–Kier alpha value is -2.77. The summed E-state index contributed by atoms with van der Waals surface area (Å²) in [4.78, 5) is 14.2. The van der Waals surface area contributed by atoms with Crippen LogP contribution in [-0.4, -0.2) is 31.7 Å². The first-order valence-electron chi connectivity index (χ1n) is 10.0. The monoisotopic (exact) mass is 404 g/mol. The first-order valence-corrected chi connectivity index (χ1v) is 10.8. The van der Waals surface area contributed by atoms with E-state index in [1.807, 2.05) is 41.2 Å². The molecule has 0 atom stereocenters. The van der Waals surface area contributed by atoms with Crippen molar-refractivity contribution in [2.75, 3.05) is 12.8 Å². The molecule has 29 heavy (non-hydrogen) atoms. The standard InChI is InChI=1S/C22H24N6S/c1-27(12-15-11-24-28(13-15)16-7-3-2-4-8-16)14-19-25-21(23)20-17-9-5-6-10-18(17)29-22(20)26-19/h2-4,7-8,11,13H,5-6,9-10,12,14H2,1H3,(H2,23,25,26). The van der Waals surface area contributed by atoms with Gasteiger partial charge in [0.1, 0.15) is 16.5 Å². The van der Waals surface area contributed by atoms with Crippen molar-refractivity contribution in [3.8, 4) is 5.69 Å². The van der Waals surface area contributed by atoms with Gasteiger partial charge in [-0.05, 0) is 50.4 Å². The van der Waals surface area contributed by atoms with Gasteiger partial charge in [-0.1, -0.05) is 18.2 Å². The number of para-hydroxylation sites is 1. The van der Waals surface area contributed by atoms with Crippen LogP contribution in [0.4, 0.5) is 5.82 Å². The van der Waals surface area contributed by atoms with Gasteiger partial charge in [-0.2, -0.15) is 5.10 Å². The van der Waals surface area contributed by atoms with E-state index in [1.165, 1.54) is 23.3 Å². The zero-order chi connectivity index (χ0) is 19.8. The molecule has 6 nitrogen and oxygen atoms in total. The Bertz CT molecular complexity index is 1150. The molecule has 0 saturated heterocycles. The van der Waals surface area contributed by atoms with E-state index in [0.717, 1.165) is 46.7 Å². The van der Waals surface area contributed by atoms with Crippen LogP contribution in [0.15, 0.2) is 42.7 Å². The molecule has 148 valence electrons. The highest BCUT2D eigenvalue weighted by Gasteiger charge is 2.20. The third-order valence-corrected chi connectivity index (χ3v) is 6.60. The Labute approximate surface area is 174 Å². The van der Waals surface area contributed by atoms with Gasteiger partial charge < -0.3 is 5.73 Å². The minimum absolute atomic E-state index is 0.634. The molecule has 0 unspecified atom stereocenters. The van der Waals surface area contributed by atoms with Crippen LogP contribution in [0.3, 0.4) is 0 Å². The highest BCUT2D eigenvalue weighted by atomic mass is 32.1. The molecule has 2 N–H and O–H groups in total. The van der Waals surface area contributed by atoms with Crippen molar-refractivity contribution in [2.24, 2.45) is 0 Å². The Kier molecular flexibility index (Phi) is 4.77. The smallest absolute Gasteiger partial charge is 0.146 e. The maximum Gasteiger partial charge on any atom is 0.146 e. The van der Waals surface area contributed by atoms with Crippen LogP contribution in [0.2, 0.25) is 0 Å². The lowest BCUT2D eigenvalue weighted by Gasteiger charge is -2.15. The summed E-state index contributed by atoms with van der Waals surface area (Å²) in [5, 5.41) is 5.58. The van der Waals surface area contributed by atoms with Crippen molar-refractivity contribution >= 4 is 27.4 Å². The van der Waals surface area contributed by atoms with Crippen molar-refractivity contribution in [3.05, 3.63) is 64.6 Å². The maximum atomic E-state index is 6.35. The molecule has 0 fully saturated rings. The van der Waals surface area contributed by atoms with Crippen LogP contribution < -0.4 is 5.73 Å². The Morgan fingerprint density at radius 1 is 1.10 bits per heavy atom. The van der Waals surface area contributed by atoms with Gasteiger partial charge in [-0.15, -0.1) is 11.3 Å². The van der Waals surface area contributed by atoms with E-state index >= 15 is 0 Å². The summed E-state index contributed by atoms with van der Waals surface area (Å²) in [7, 11) is 2.07. The van der Waals surface area contributed by atoms with Gasteiger partial charge in [0.2, 0.25) is 0 Å². The summed E-state index contributed by atoms with van der Waals surface area (Å²) in [5.41, 5.74) is 9.95. The Morgan fingerprint density at radius 2 is 1.93 bits per heavy atom. The second-order valence-corrected chi connectivity index (χ2v) is 8.80. The fourth-order valence-electron chi connectivity index (χ4n) is 4.07. The molecule has 5 rings (SSSR count). The van der Waals surface area contributed by atoms with E-state index in [4.69, 9.17) is 10.7 Å². The molecule has 0 saturated carbocycles. The zero-order valence-corrected chi connectivity index (χ0v) is 17.3. The lowest BCUT2D eigenvalue weighted by molar-refractivity contribution is 0.311. The fourth-order valence-corrected chi connectivity index (χ4v) is 5.36. The number of anilines is 1. The van der Waals surface area contributed by atoms with Crippen LogP contribution in [0, 0.1) is 0 Å². The number of thiophene rings is 1. The van der Waals surface area contributed by atoms with Gasteiger partial charge in [-0.25, -0.2) is 14.6 Å². The number of aromatic nitrogens is 4. The van der Waals surface area contributed by atoms with Crippen molar-refractivity contribution in [3.63, 3.8) is 0 Å². The lowest BCUT2D eigenvalue weighted by atomic mass is 9.97. The van der Waals surface area contributed by atoms with Gasteiger partial charge in [-0.3, -0.25) is 4.90 Å². The molecule has 1 aliphatic carbocycles. The number of hydrogen-bond donors (Lipinski definition) is 1. The molecule has 0 bridgehead atoms. The van der Waals surface area contributed by atoms with Crippen molar-refractivity contribution in [1.29, 1.82) is 0 Å². The van der Waals surface area contributed by atoms with Gasteiger partial charge in [0.05, 0.1) is 23.8 Å². The first kappa shape index (κ1) is 18.3. The molecular formula is C22H24N6S. The summed E-state index contributed by atoms with van der Waals surface area (Å²) in [6, 6.07) is 10.1. The Balaban J connectivity index is 1.32.